The Balaban J connectivity index is 1.36. The molecule has 0 unspecified atom stereocenters. The van der Waals surface area contributed by atoms with Crippen molar-refractivity contribution in [2.75, 3.05) is 6.79 Å². The second-order valence-electron chi connectivity index (χ2n) is 9.08. The second kappa shape index (κ2) is 8.80. The van der Waals surface area contributed by atoms with Gasteiger partial charge >= 0.3 is 0 Å². The van der Waals surface area contributed by atoms with Gasteiger partial charge in [0.2, 0.25) is 12.7 Å². The number of thiophene rings is 1. The first kappa shape index (κ1) is 21.2. The van der Waals surface area contributed by atoms with Gasteiger partial charge in [-0.3, -0.25) is 9.59 Å². The molecule has 1 N–H and O–H groups in total. The van der Waals surface area contributed by atoms with Crippen LogP contribution in [-0.4, -0.2) is 29.5 Å². The normalized spacial score (nSPS) is 21.5. The summed E-state index contributed by atoms with van der Waals surface area (Å²) in [6.45, 7) is 0.597. The van der Waals surface area contributed by atoms with E-state index in [0.717, 1.165) is 47.4 Å². The predicted octanol–water partition coefficient (Wildman–Crippen LogP) is 5.02. The zero-order valence-electron chi connectivity index (χ0n) is 18.7. The highest BCUT2D eigenvalue weighted by Crippen LogP contribution is 2.47. The molecule has 2 aliphatic heterocycles. The lowest BCUT2D eigenvalue weighted by atomic mass is 9.80. The van der Waals surface area contributed by atoms with Crippen molar-refractivity contribution in [3.8, 4) is 11.5 Å². The summed E-state index contributed by atoms with van der Waals surface area (Å²) in [4.78, 5) is 30.7. The van der Waals surface area contributed by atoms with Crippen LogP contribution in [0.3, 0.4) is 0 Å². The fourth-order valence-electron chi connectivity index (χ4n) is 5.53. The number of hydrogen-bond acceptors (Lipinski definition) is 5. The summed E-state index contributed by atoms with van der Waals surface area (Å²) in [5.41, 5.74) is 2.40. The molecule has 174 valence electrons. The van der Waals surface area contributed by atoms with E-state index in [1.54, 1.807) is 11.3 Å². The lowest BCUT2D eigenvalue weighted by Gasteiger charge is -2.44. The quantitative estimate of drug-likeness (QED) is 0.564. The third-order valence-electron chi connectivity index (χ3n) is 7.12. The lowest BCUT2D eigenvalue weighted by molar-refractivity contribution is -0.124. The molecule has 6 nitrogen and oxygen atoms in total. The zero-order chi connectivity index (χ0) is 23.1. The van der Waals surface area contributed by atoms with Gasteiger partial charge in [-0.1, -0.05) is 43.2 Å². The van der Waals surface area contributed by atoms with Crippen LogP contribution in [0, 0.1) is 0 Å². The monoisotopic (exact) mass is 474 g/mol. The number of carbonyl (C=O) groups is 2. The Bertz CT molecular complexity index is 1220. The minimum atomic E-state index is -0.470. The third-order valence-corrected chi connectivity index (χ3v) is 8.06. The Morgan fingerprint density at radius 2 is 1.85 bits per heavy atom. The first-order valence-electron chi connectivity index (χ1n) is 11.8. The number of rotatable bonds is 5. The van der Waals surface area contributed by atoms with E-state index in [1.807, 2.05) is 58.8 Å². The maximum atomic E-state index is 13.8. The smallest absolute Gasteiger partial charge is 0.254 e. The standard InChI is InChI=1S/C27H26N2O4S/c30-26(28-15-17-11-12-21-22(14-17)33-16-32-21)24-19-8-3-4-9-20(19)27(31)29(18-6-1-2-7-18)25(24)23-10-5-13-34-23/h3-5,8-14,18,24-25H,1-2,6-7,15-16H2,(H,28,30)/t24-,25+/m1/s1. The van der Waals surface area contributed by atoms with Crippen LogP contribution in [0.25, 0.3) is 0 Å². The van der Waals surface area contributed by atoms with Crippen molar-refractivity contribution in [3.63, 3.8) is 0 Å². The molecule has 6 rings (SSSR count). The van der Waals surface area contributed by atoms with Crippen LogP contribution < -0.4 is 14.8 Å². The average molecular weight is 475 g/mol. The maximum absolute atomic E-state index is 13.8. The van der Waals surface area contributed by atoms with Crippen molar-refractivity contribution < 1.29 is 19.1 Å². The number of nitrogens with one attached hydrogen (secondary N) is 1. The highest BCUT2D eigenvalue weighted by Gasteiger charge is 2.47. The van der Waals surface area contributed by atoms with Crippen LogP contribution in [0.2, 0.25) is 0 Å². The van der Waals surface area contributed by atoms with E-state index in [9.17, 15) is 9.59 Å². The maximum Gasteiger partial charge on any atom is 0.254 e. The molecule has 3 heterocycles. The van der Waals surface area contributed by atoms with E-state index in [-0.39, 0.29) is 30.7 Å². The lowest BCUT2D eigenvalue weighted by Crippen LogP contribution is -2.50. The predicted molar refractivity (Wildman–Crippen MR) is 129 cm³/mol. The molecule has 1 saturated carbocycles. The molecule has 0 bridgehead atoms. The van der Waals surface area contributed by atoms with E-state index < -0.39 is 5.92 Å². The SMILES string of the molecule is O=C(NCc1ccc2c(c1)OCO2)[C@@H]1c2ccccc2C(=O)N(C2CCCC2)[C@H]1c1cccs1. The fraction of sp³-hybridized carbons (Fsp3) is 0.333. The molecular formula is C27H26N2O4S. The number of nitrogens with zero attached hydrogens (tertiary/aromatic N) is 1. The molecule has 34 heavy (non-hydrogen) atoms. The van der Waals surface area contributed by atoms with Gasteiger partial charge in [0.05, 0.1) is 12.0 Å². The summed E-state index contributed by atoms with van der Waals surface area (Å²) in [6, 6.07) is 17.2. The van der Waals surface area contributed by atoms with Crippen LogP contribution in [0.1, 0.15) is 64.0 Å². The van der Waals surface area contributed by atoms with Crippen molar-refractivity contribution in [1.82, 2.24) is 10.2 Å². The van der Waals surface area contributed by atoms with Crippen LogP contribution in [0.15, 0.2) is 60.0 Å². The van der Waals surface area contributed by atoms with E-state index >= 15 is 0 Å². The summed E-state index contributed by atoms with van der Waals surface area (Å²) in [7, 11) is 0. The van der Waals surface area contributed by atoms with Gasteiger partial charge in [0.25, 0.3) is 5.91 Å². The highest BCUT2D eigenvalue weighted by atomic mass is 32.1. The molecule has 0 saturated heterocycles. The van der Waals surface area contributed by atoms with E-state index in [2.05, 4.69) is 11.4 Å². The summed E-state index contributed by atoms with van der Waals surface area (Å²) < 4.78 is 10.9. The van der Waals surface area contributed by atoms with Gasteiger partial charge in [-0.15, -0.1) is 11.3 Å². The molecule has 3 aliphatic rings. The van der Waals surface area contributed by atoms with Gasteiger partial charge in [-0.25, -0.2) is 0 Å². The van der Waals surface area contributed by atoms with E-state index in [0.29, 0.717) is 17.9 Å². The summed E-state index contributed by atoms with van der Waals surface area (Å²) in [5, 5.41) is 5.17. The van der Waals surface area contributed by atoms with Crippen molar-refractivity contribution >= 4 is 23.2 Å². The largest absolute Gasteiger partial charge is 0.454 e. The summed E-state index contributed by atoms with van der Waals surface area (Å²) in [5.74, 6) is 0.922. The number of hydrogen-bond donors (Lipinski definition) is 1. The van der Waals surface area contributed by atoms with Crippen molar-refractivity contribution in [2.45, 2.75) is 50.2 Å². The van der Waals surface area contributed by atoms with E-state index in [4.69, 9.17) is 9.47 Å². The van der Waals surface area contributed by atoms with Gasteiger partial charge in [-0.2, -0.15) is 0 Å². The van der Waals surface area contributed by atoms with Gasteiger partial charge in [0, 0.05) is 23.0 Å². The Morgan fingerprint density at radius 1 is 1.03 bits per heavy atom. The molecule has 2 atom stereocenters. The molecule has 3 aromatic rings. The van der Waals surface area contributed by atoms with Crippen LogP contribution in [0.4, 0.5) is 0 Å². The molecule has 1 fully saturated rings. The van der Waals surface area contributed by atoms with Gasteiger partial charge in [0.15, 0.2) is 11.5 Å². The molecule has 7 heteroatoms. The molecule has 2 amide bonds. The number of fused-ring (bicyclic) bond motifs is 2. The molecule has 1 aliphatic carbocycles. The number of carbonyl (C=O) groups excluding carboxylic acids is 2. The van der Waals surface area contributed by atoms with Crippen molar-refractivity contribution in [2.24, 2.45) is 0 Å². The van der Waals surface area contributed by atoms with Gasteiger partial charge in [0.1, 0.15) is 0 Å². The highest BCUT2D eigenvalue weighted by molar-refractivity contribution is 7.10. The second-order valence-corrected chi connectivity index (χ2v) is 10.1. The molecule has 0 radical (unpaired) electrons. The Kier molecular flexibility index (Phi) is 5.49. The molecule has 1 aromatic heterocycles. The first-order valence-corrected chi connectivity index (χ1v) is 12.7. The van der Waals surface area contributed by atoms with Crippen LogP contribution in [0.5, 0.6) is 11.5 Å². The minimum absolute atomic E-state index is 0.0423. The van der Waals surface area contributed by atoms with Crippen molar-refractivity contribution in [3.05, 3.63) is 81.5 Å². The third kappa shape index (κ3) is 3.64. The minimum Gasteiger partial charge on any atom is -0.454 e. The fourth-order valence-corrected chi connectivity index (χ4v) is 6.39. The number of amides is 2. The Morgan fingerprint density at radius 3 is 2.68 bits per heavy atom. The molecule has 0 spiro atoms. The molecule has 2 aromatic carbocycles. The topological polar surface area (TPSA) is 67.9 Å². The van der Waals surface area contributed by atoms with Crippen LogP contribution in [-0.2, 0) is 11.3 Å². The molecular weight excluding hydrogens is 448 g/mol. The zero-order valence-corrected chi connectivity index (χ0v) is 19.6. The van der Waals surface area contributed by atoms with E-state index in [1.165, 1.54) is 0 Å². The van der Waals surface area contributed by atoms with Crippen LogP contribution >= 0.6 is 11.3 Å². The average Bonchev–Trinajstić information content (AvgIpc) is 3.65. The number of benzene rings is 2. The Hall–Kier alpha value is -3.32. The first-order chi connectivity index (χ1) is 16.7. The Labute approximate surface area is 202 Å². The van der Waals surface area contributed by atoms with Gasteiger partial charge < -0.3 is 19.7 Å². The number of ether oxygens (including phenoxy) is 2. The van der Waals surface area contributed by atoms with Crippen molar-refractivity contribution in [1.29, 1.82) is 0 Å². The summed E-state index contributed by atoms with van der Waals surface area (Å²) in [6.07, 6.45) is 4.21. The summed E-state index contributed by atoms with van der Waals surface area (Å²) >= 11 is 1.61. The van der Waals surface area contributed by atoms with Gasteiger partial charge in [-0.05, 0) is 53.6 Å².